The highest BCUT2D eigenvalue weighted by Gasteiger charge is 2.21. The van der Waals surface area contributed by atoms with Gasteiger partial charge in [0.05, 0.1) is 5.69 Å². The third kappa shape index (κ3) is 6.21. The predicted octanol–water partition coefficient (Wildman–Crippen LogP) is 16.4. The molecule has 0 radical (unpaired) electrons. The second kappa shape index (κ2) is 14.6. The SMILES string of the molecule is c1ccc(-c2ccc(N(c3ccc(-c4cc5ccccc5c5ccccc45)c(-c4ccc5ccccc5c4)c3)c3cccc4ccccc34)cc2-c2ccccc2)cc1. The van der Waals surface area contributed by atoms with Crippen LogP contribution < -0.4 is 4.90 Å². The molecule has 0 aliphatic heterocycles. The number of nitrogens with zero attached hydrogens (tertiary/aromatic N) is 1. The highest BCUT2D eigenvalue weighted by atomic mass is 15.1. The number of rotatable bonds is 7. The maximum absolute atomic E-state index is 2.45. The first kappa shape index (κ1) is 34.5. The molecule has 0 saturated carbocycles. The molecule has 59 heavy (non-hydrogen) atoms. The van der Waals surface area contributed by atoms with Crippen LogP contribution in [0, 0.1) is 0 Å². The zero-order valence-electron chi connectivity index (χ0n) is 32.5. The van der Waals surface area contributed by atoms with E-state index in [1.165, 1.54) is 87.6 Å². The summed E-state index contributed by atoms with van der Waals surface area (Å²) >= 11 is 0. The number of fused-ring (bicyclic) bond motifs is 5. The molecule has 276 valence electrons. The van der Waals surface area contributed by atoms with Gasteiger partial charge in [-0.05, 0) is 125 Å². The fourth-order valence-electron chi connectivity index (χ4n) is 9.01. The Kier molecular flexibility index (Phi) is 8.56. The van der Waals surface area contributed by atoms with Crippen LogP contribution in [-0.2, 0) is 0 Å². The fraction of sp³-hybridized carbons (Fsp3) is 0. The molecule has 0 aliphatic rings. The van der Waals surface area contributed by atoms with Crippen molar-refractivity contribution in [2.24, 2.45) is 0 Å². The topological polar surface area (TPSA) is 3.24 Å². The van der Waals surface area contributed by atoms with Crippen molar-refractivity contribution in [1.82, 2.24) is 0 Å². The van der Waals surface area contributed by atoms with E-state index in [1.54, 1.807) is 0 Å². The first-order valence-electron chi connectivity index (χ1n) is 20.3. The Morgan fingerprint density at radius 2 is 0.746 bits per heavy atom. The van der Waals surface area contributed by atoms with E-state index in [9.17, 15) is 0 Å². The number of benzene rings is 11. The standard InChI is InChI=1S/C58H39N/c1-3-17-41(18-4-1)50-34-32-47(38-55(50)43-19-5-2-6-20-43)59(58-29-15-24-42-21-9-12-26-51(42)58)48-33-35-54(56(39-48)46-31-30-40-16-7-8-22-44(40)36-46)57-37-45-23-10-11-25-49(45)52-27-13-14-28-53(52)57/h1-39H. The summed E-state index contributed by atoms with van der Waals surface area (Å²) in [5.74, 6) is 0. The molecule has 0 bridgehead atoms. The summed E-state index contributed by atoms with van der Waals surface area (Å²) in [7, 11) is 0. The number of hydrogen-bond donors (Lipinski definition) is 0. The van der Waals surface area contributed by atoms with Crippen LogP contribution in [-0.4, -0.2) is 0 Å². The molecule has 0 N–H and O–H groups in total. The molecule has 0 spiro atoms. The molecule has 11 aromatic rings. The second-order valence-corrected chi connectivity index (χ2v) is 15.3. The van der Waals surface area contributed by atoms with E-state index in [0.717, 1.165) is 17.1 Å². The monoisotopic (exact) mass is 749 g/mol. The van der Waals surface area contributed by atoms with Crippen molar-refractivity contribution < 1.29 is 0 Å². The molecule has 11 aromatic carbocycles. The Bertz CT molecular complexity index is 3320. The maximum atomic E-state index is 2.45. The van der Waals surface area contributed by atoms with E-state index >= 15 is 0 Å². The first-order valence-corrected chi connectivity index (χ1v) is 20.3. The molecule has 0 aliphatic carbocycles. The van der Waals surface area contributed by atoms with E-state index in [4.69, 9.17) is 0 Å². The van der Waals surface area contributed by atoms with E-state index < -0.39 is 0 Å². The van der Waals surface area contributed by atoms with Gasteiger partial charge in [-0.25, -0.2) is 0 Å². The molecule has 0 saturated heterocycles. The summed E-state index contributed by atoms with van der Waals surface area (Å²) in [4.78, 5) is 2.45. The van der Waals surface area contributed by atoms with Gasteiger partial charge >= 0.3 is 0 Å². The summed E-state index contributed by atoms with van der Waals surface area (Å²) in [5, 5.41) is 9.86. The summed E-state index contributed by atoms with van der Waals surface area (Å²) in [6, 6.07) is 86.5. The molecular formula is C58H39N. The quantitative estimate of drug-likeness (QED) is 0.147. The number of hydrogen-bond acceptors (Lipinski definition) is 1. The number of anilines is 3. The van der Waals surface area contributed by atoms with Crippen molar-refractivity contribution in [1.29, 1.82) is 0 Å². The lowest BCUT2D eigenvalue weighted by molar-refractivity contribution is 1.30. The zero-order valence-corrected chi connectivity index (χ0v) is 32.5. The largest absolute Gasteiger partial charge is 0.310 e. The minimum atomic E-state index is 1.09. The normalized spacial score (nSPS) is 11.4. The van der Waals surface area contributed by atoms with E-state index in [2.05, 4.69) is 241 Å². The second-order valence-electron chi connectivity index (χ2n) is 15.3. The van der Waals surface area contributed by atoms with Gasteiger partial charge in [0, 0.05) is 16.8 Å². The lowest BCUT2D eigenvalue weighted by Crippen LogP contribution is -2.11. The Morgan fingerprint density at radius 3 is 1.47 bits per heavy atom. The molecule has 0 aromatic heterocycles. The molecule has 1 nitrogen and oxygen atoms in total. The summed E-state index contributed by atoms with van der Waals surface area (Å²) < 4.78 is 0. The fourth-order valence-corrected chi connectivity index (χ4v) is 9.01. The zero-order chi connectivity index (χ0) is 39.1. The lowest BCUT2D eigenvalue weighted by Gasteiger charge is -2.29. The van der Waals surface area contributed by atoms with Gasteiger partial charge in [-0.2, -0.15) is 0 Å². The van der Waals surface area contributed by atoms with Crippen LogP contribution in [0.5, 0.6) is 0 Å². The van der Waals surface area contributed by atoms with Gasteiger partial charge in [0.1, 0.15) is 0 Å². The predicted molar refractivity (Wildman–Crippen MR) is 253 cm³/mol. The van der Waals surface area contributed by atoms with Gasteiger partial charge < -0.3 is 4.90 Å². The Hall–Kier alpha value is -7.74. The van der Waals surface area contributed by atoms with Gasteiger partial charge in [-0.1, -0.05) is 194 Å². The van der Waals surface area contributed by atoms with Gasteiger partial charge in [-0.15, -0.1) is 0 Å². The Balaban J connectivity index is 1.20. The minimum absolute atomic E-state index is 1.09. The van der Waals surface area contributed by atoms with Crippen molar-refractivity contribution in [3.8, 4) is 44.5 Å². The van der Waals surface area contributed by atoms with Crippen molar-refractivity contribution in [3.05, 3.63) is 237 Å². The van der Waals surface area contributed by atoms with Crippen molar-refractivity contribution >= 4 is 60.2 Å². The van der Waals surface area contributed by atoms with Gasteiger partial charge in [0.25, 0.3) is 0 Å². The molecule has 0 atom stereocenters. The van der Waals surface area contributed by atoms with Crippen molar-refractivity contribution in [2.75, 3.05) is 4.90 Å². The molecule has 0 amide bonds. The molecule has 11 rings (SSSR count). The Morgan fingerprint density at radius 1 is 0.220 bits per heavy atom. The molecular weight excluding hydrogens is 711 g/mol. The molecule has 0 fully saturated rings. The summed E-state index contributed by atoms with van der Waals surface area (Å²) in [5.41, 5.74) is 12.9. The Labute approximate surface area is 344 Å². The van der Waals surface area contributed by atoms with Crippen molar-refractivity contribution in [2.45, 2.75) is 0 Å². The average Bonchev–Trinajstić information content (AvgIpc) is 3.32. The molecule has 0 heterocycles. The van der Waals surface area contributed by atoms with Gasteiger partial charge in [0.2, 0.25) is 0 Å². The third-order valence-corrected chi connectivity index (χ3v) is 11.8. The van der Waals surface area contributed by atoms with Crippen LogP contribution in [0.1, 0.15) is 0 Å². The van der Waals surface area contributed by atoms with E-state index in [0.29, 0.717) is 0 Å². The van der Waals surface area contributed by atoms with E-state index in [1.807, 2.05) is 0 Å². The van der Waals surface area contributed by atoms with E-state index in [-0.39, 0.29) is 0 Å². The minimum Gasteiger partial charge on any atom is -0.310 e. The van der Waals surface area contributed by atoms with Crippen LogP contribution in [0.3, 0.4) is 0 Å². The van der Waals surface area contributed by atoms with Crippen molar-refractivity contribution in [3.63, 3.8) is 0 Å². The first-order chi connectivity index (χ1) is 29.3. The maximum Gasteiger partial charge on any atom is 0.0540 e. The van der Waals surface area contributed by atoms with Crippen LogP contribution in [0.25, 0.3) is 87.6 Å². The van der Waals surface area contributed by atoms with Gasteiger partial charge in [-0.3, -0.25) is 0 Å². The van der Waals surface area contributed by atoms with Gasteiger partial charge in [0.15, 0.2) is 0 Å². The van der Waals surface area contributed by atoms with Crippen LogP contribution >= 0.6 is 0 Å². The smallest absolute Gasteiger partial charge is 0.0540 e. The summed E-state index contributed by atoms with van der Waals surface area (Å²) in [6.45, 7) is 0. The lowest BCUT2D eigenvalue weighted by atomic mass is 9.88. The highest BCUT2D eigenvalue weighted by molar-refractivity contribution is 6.15. The van der Waals surface area contributed by atoms with Crippen LogP contribution in [0.2, 0.25) is 0 Å². The van der Waals surface area contributed by atoms with Crippen LogP contribution in [0.4, 0.5) is 17.1 Å². The highest BCUT2D eigenvalue weighted by Crippen LogP contribution is 2.47. The molecule has 0 unspecified atom stereocenters. The molecule has 1 heteroatoms. The summed E-state index contributed by atoms with van der Waals surface area (Å²) in [6.07, 6.45) is 0. The third-order valence-electron chi connectivity index (χ3n) is 11.8. The average molecular weight is 750 g/mol. The van der Waals surface area contributed by atoms with Crippen LogP contribution in [0.15, 0.2) is 237 Å².